The maximum atomic E-state index is 11.5. The molecule has 0 aliphatic rings. The normalized spacial score (nSPS) is 10.1. The van der Waals surface area contributed by atoms with Crippen LogP contribution in [0.3, 0.4) is 0 Å². The maximum absolute atomic E-state index is 11.5. The number of nitrogens with two attached hydrogens (primary N) is 1. The van der Waals surface area contributed by atoms with Gasteiger partial charge in [0.15, 0.2) is 5.69 Å². The van der Waals surface area contributed by atoms with Crippen molar-refractivity contribution < 1.29 is 9.53 Å². The fourth-order valence-corrected chi connectivity index (χ4v) is 1.95. The van der Waals surface area contributed by atoms with Crippen molar-refractivity contribution >= 4 is 11.8 Å². The molecule has 0 atom stereocenters. The summed E-state index contributed by atoms with van der Waals surface area (Å²) < 4.78 is 6.35. The molecule has 1 aromatic carbocycles. The zero-order valence-corrected chi connectivity index (χ0v) is 11.3. The van der Waals surface area contributed by atoms with E-state index < -0.39 is 5.97 Å². The quantitative estimate of drug-likeness (QED) is 0.852. The van der Waals surface area contributed by atoms with Crippen LogP contribution in [0.4, 0.5) is 5.82 Å². The third-order valence-corrected chi connectivity index (χ3v) is 2.97. The first kappa shape index (κ1) is 13.6. The first-order valence-electron chi connectivity index (χ1n) is 5.96. The van der Waals surface area contributed by atoms with Gasteiger partial charge in [0.25, 0.3) is 0 Å². The molecule has 0 radical (unpaired) electrons. The van der Waals surface area contributed by atoms with E-state index in [1.165, 1.54) is 7.11 Å². The Hall–Kier alpha value is -2.81. The minimum Gasteiger partial charge on any atom is -0.464 e. The van der Waals surface area contributed by atoms with Crippen LogP contribution >= 0.6 is 0 Å². The van der Waals surface area contributed by atoms with Crippen molar-refractivity contribution in [2.45, 2.75) is 13.5 Å². The van der Waals surface area contributed by atoms with Gasteiger partial charge in [-0.25, -0.2) is 9.78 Å². The Morgan fingerprint density at radius 3 is 2.95 bits per heavy atom. The Balaban J connectivity index is 2.37. The Kier molecular flexibility index (Phi) is 3.71. The van der Waals surface area contributed by atoms with Gasteiger partial charge in [-0.3, -0.25) is 0 Å². The van der Waals surface area contributed by atoms with Crippen molar-refractivity contribution in [1.29, 1.82) is 5.26 Å². The Labute approximate surface area is 116 Å². The lowest BCUT2D eigenvalue weighted by molar-refractivity contribution is 0.0595. The predicted molar refractivity (Wildman–Crippen MR) is 73.0 cm³/mol. The minimum atomic E-state index is -0.560. The number of rotatable bonds is 3. The smallest absolute Gasteiger partial charge is 0.360 e. The van der Waals surface area contributed by atoms with Crippen molar-refractivity contribution in [1.82, 2.24) is 9.55 Å². The van der Waals surface area contributed by atoms with Gasteiger partial charge in [-0.1, -0.05) is 12.1 Å². The largest absolute Gasteiger partial charge is 0.464 e. The Morgan fingerprint density at radius 2 is 2.30 bits per heavy atom. The molecular weight excluding hydrogens is 256 g/mol. The highest BCUT2D eigenvalue weighted by atomic mass is 16.5. The van der Waals surface area contributed by atoms with Crippen LogP contribution in [-0.4, -0.2) is 22.6 Å². The number of methoxy groups -OCH3 is 1. The number of nitrogen functional groups attached to an aromatic ring is 1. The monoisotopic (exact) mass is 270 g/mol. The van der Waals surface area contributed by atoms with Gasteiger partial charge in [-0.05, 0) is 24.6 Å². The van der Waals surface area contributed by atoms with Gasteiger partial charge in [0.05, 0.1) is 25.3 Å². The molecule has 1 aromatic heterocycles. The van der Waals surface area contributed by atoms with Gasteiger partial charge in [0.1, 0.15) is 11.6 Å². The fourth-order valence-electron chi connectivity index (χ4n) is 1.95. The first-order valence-corrected chi connectivity index (χ1v) is 5.96. The number of nitrogens with zero attached hydrogens (tertiary/aromatic N) is 3. The number of esters is 1. The summed E-state index contributed by atoms with van der Waals surface area (Å²) in [7, 11) is 1.28. The van der Waals surface area contributed by atoms with Gasteiger partial charge in [0.2, 0.25) is 0 Å². The van der Waals surface area contributed by atoms with Gasteiger partial charge >= 0.3 is 5.97 Å². The first-order chi connectivity index (χ1) is 9.56. The van der Waals surface area contributed by atoms with E-state index >= 15 is 0 Å². The molecule has 0 amide bonds. The van der Waals surface area contributed by atoms with Crippen LogP contribution in [0.15, 0.2) is 24.3 Å². The summed E-state index contributed by atoms with van der Waals surface area (Å²) in [6.07, 6.45) is 0. The molecule has 6 nitrogen and oxygen atoms in total. The van der Waals surface area contributed by atoms with Crippen molar-refractivity contribution in [3.05, 3.63) is 46.9 Å². The molecule has 0 aliphatic heterocycles. The number of anilines is 1. The van der Waals surface area contributed by atoms with E-state index in [-0.39, 0.29) is 11.5 Å². The Morgan fingerprint density at radius 1 is 1.55 bits per heavy atom. The molecule has 1 heterocycles. The zero-order chi connectivity index (χ0) is 14.7. The molecule has 0 saturated carbocycles. The number of aryl methyl sites for hydroxylation is 1. The van der Waals surface area contributed by atoms with Crippen LogP contribution in [0.1, 0.15) is 27.4 Å². The lowest BCUT2D eigenvalue weighted by atomic mass is 10.1. The second kappa shape index (κ2) is 5.45. The highest BCUT2D eigenvalue weighted by molar-refractivity contribution is 5.92. The maximum Gasteiger partial charge on any atom is 0.360 e. The second-order valence-electron chi connectivity index (χ2n) is 4.28. The standard InChI is InChI=1S/C14H14N4O2/c1-9-17-12(14(19)20-2)13(16)18(9)8-11-5-3-4-10(6-11)7-15/h3-6H,8,16H2,1-2H3. The number of ether oxygens (including phenoxy) is 1. The van der Waals surface area contributed by atoms with E-state index in [4.69, 9.17) is 11.0 Å². The summed E-state index contributed by atoms with van der Waals surface area (Å²) in [5, 5.41) is 8.89. The van der Waals surface area contributed by atoms with Crippen LogP contribution in [0.25, 0.3) is 0 Å². The number of benzene rings is 1. The molecule has 0 bridgehead atoms. The second-order valence-corrected chi connectivity index (χ2v) is 4.28. The van der Waals surface area contributed by atoms with Crippen molar-refractivity contribution in [2.75, 3.05) is 12.8 Å². The summed E-state index contributed by atoms with van der Waals surface area (Å²) in [6.45, 7) is 2.20. The molecule has 6 heteroatoms. The van der Waals surface area contributed by atoms with Gasteiger partial charge in [-0.2, -0.15) is 5.26 Å². The molecular formula is C14H14N4O2. The van der Waals surface area contributed by atoms with Crippen molar-refractivity contribution in [2.24, 2.45) is 0 Å². The van der Waals surface area contributed by atoms with Gasteiger partial charge in [0, 0.05) is 0 Å². The van der Waals surface area contributed by atoms with E-state index in [0.717, 1.165) is 5.56 Å². The third-order valence-electron chi connectivity index (χ3n) is 2.97. The Bertz CT molecular complexity index is 698. The number of carbonyl (C=O) groups excluding carboxylic acids is 1. The molecule has 2 rings (SSSR count). The zero-order valence-electron chi connectivity index (χ0n) is 11.3. The number of imidazole rings is 1. The van der Waals surface area contributed by atoms with Crippen LogP contribution < -0.4 is 5.73 Å². The van der Waals surface area contributed by atoms with Crippen LogP contribution in [-0.2, 0) is 11.3 Å². The topological polar surface area (TPSA) is 93.9 Å². The van der Waals surface area contributed by atoms with Crippen LogP contribution in [0, 0.1) is 18.3 Å². The van der Waals surface area contributed by atoms with Gasteiger partial charge < -0.3 is 15.0 Å². The SMILES string of the molecule is COC(=O)c1nc(C)n(Cc2cccc(C#N)c2)c1N. The lowest BCUT2D eigenvalue weighted by Crippen LogP contribution is -2.09. The van der Waals surface area contributed by atoms with E-state index in [1.807, 2.05) is 6.07 Å². The van der Waals surface area contributed by atoms with Crippen LogP contribution in [0.2, 0.25) is 0 Å². The van der Waals surface area contributed by atoms with Crippen LogP contribution in [0.5, 0.6) is 0 Å². The minimum absolute atomic E-state index is 0.112. The van der Waals surface area contributed by atoms with Crippen molar-refractivity contribution in [3.8, 4) is 6.07 Å². The number of hydrogen-bond donors (Lipinski definition) is 1. The summed E-state index contributed by atoms with van der Waals surface area (Å²) in [5.41, 5.74) is 7.53. The number of aromatic nitrogens is 2. The highest BCUT2D eigenvalue weighted by Crippen LogP contribution is 2.17. The molecule has 0 aliphatic carbocycles. The van der Waals surface area contributed by atoms with Crippen molar-refractivity contribution in [3.63, 3.8) is 0 Å². The van der Waals surface area contributed by atoms with E-state index in [1.54, 1.807) is 29.7 Å². The van der Waals surface area contributed by atoms with E-state index in [9.17, 15) is 4.79 Å². The summed E-state index contributed by atoms with van der Waals surface area (Å²) in [5.74, 6) is 0.317. The lowest BCUT2D eigenvalue weighted by Gasteiger charge is -2.08. The summed E-state index contributed by atoms with van der Waals surface area (Å²) in [6, 6.07) is 9.28. The molecule has 102 valence electrons. The molecule has 2 N–H and O–H groups in total. The molecule has 0 saturated heterocycles. The number of nitriles is 1. The summed E-state index contributed by atoms with van der Waals surface area (Å²) >= 11 is 0. The summed E-state index contributed by atoms with van der Waals surface area (Å²) in [4.78, 5) is 15.6. The number of hydrogen-bond acceptors (Lipinski definition) is 5. The fraction of sp³-hybridized carbons (Fsp3) is 0.214. The molecule has 0 fully saturated rings. The molecule has 20 heavy (non-hydrogen) atoms. The van der Waals surface area contributed by atoms with E-state index in [0.29, 0.717) is 17.9 Å². The predicted octanol–water partition coefficient (Wildman–Crippen LogP) is 1.48. The van der Waals surface area contributed by atoms with E-state index in [2.05, 4.69) is 15.8 Å². The average Bonchev–Trinajstić information content (AvgIpc) is 2.75. The van der Waals surface area contributed by atoms with Gasteiger partial charge in [-0.15, -0.1) is 0 Å². The highest BCUT2D eigenvalue weighted by Gasteiger charge is 2.19. The molecule has 2 aromatic rings. The third kappa shape index (κ3) is 2.47. The molecule has 0 spiro atoms. The molecule has 0 unspecified atom stereocenters. The number of carbonyl (C=O) groups is 1. The average molecular weight is 270 g/mol.